The lowest BCUT2D eigenvalue weighted by Crippen LogP contribution is -2.06. The summed E-state index contributed by atoms with van der Waals surface area (Å²) in [5.74, 6) is 0. The molecule has 1 aromatic rings. The zero-order valence-corrected chi connectivity index (χ0v) is 12.1. The van der Waals surface area contributed by atoms with Crippen LogP contribution in [0.4, 0.5) is 0 Å². The summed E-state index contributed by atoms with van der Waals surface area (Å²) in [6.07, 6.45) is 5.35. The minimum Gasteiger partial charge on any atom is -0.276 e. The summed E-state index contributed by atoms with van der Waals surface area (Å²) in [7, 11) is -3.38. The number of sulfone groups is 1. The lowest BCUT2D eigenvalue weighted by Gasteiger charge is -2.10. The van der Waals surface area contributed by atoms with E-state index in [2.05, 4.69) is 0 Å². The third-order valence-corrected chi connectivity index (χ3v) is 3.97. The standard InChI is InChI=1S/C13H15ClO3S/c1-4-5-6-10-7-9(2)11(13(14)15)8-12(10)18(3,16)17/h4-5,7-8H,6H2,1-3H3/b5-4+. The van der Waals surface area contributed by atoms with Crippen LogP contribution in [0.25, 0.3) is 0 Å². The molecule has 0 saturated heterocycles. The summed E-state index contributed by atoms with van der Waals surface area (Å²) < 4.78 is 23.4. The predicted molar refractivity (Wildman–Crippen MR) is 73.0 cm³/mol. The van der Waals surface area contributed by atoms with E-state index >= 15 is 0 Å². The molecule has 0 N–H and O–H groups in total. The molecule has 0 aliphatic carbocycles. The Labute approximate surface area is 112 Å². The van der Waals surface area contributed by atoms with Crippen molar-refractivity contribution in [3.05, 3.63) is 41.0 Å². The van der Waals surface area contributed by atoms with Gasteiger partial charge in [0.2, 0.25) is 0 Å². The van der Waals surface area contributed by atoms with Crippen molar-refractivity contribution in [1.29, 1.82) is 0 Å². The Balaban J connectivity index is 3.52. The molecule has 98 valence electrons. The summed E-state index contributed by atoms with van der Waals surface area (Å²) in [6, 6.07) is 3.06. The Bertz CT molecular complexity index is 601. The van der Waals surface area contributed by atoms with E-state index in [0.29, 0.717) is 17.5 Å². The average molecular weight is 287 g/mol. The van der Waals surface area contributed by atoms with Gasteiger partial charge in [-0.15, -0.1) is 0 Å². The zero-order valence-electron chi connectivity index (χ0n) is 10.5. The van der Waals surface area contributed by atoms with Crippen molar-refractivity contribution in [3.63, 3.8) is 0 Å². The van der Waals surface area contributed by atoms with Crippen LogP contribution in [0.5, 0.6) is 0 Å². The first-order valence-electron chi connectivity index (χ1n) is 5.42. The van der Waals surface area contributed by atoms with Crippen LogP contribution in [0.15, 0.2) is 29.2 Å². The van der Waals surface area contributed by atoms with Crippen molar-refractivity contribution in [2.45, 2.75) is 25.2 Å². The number of halogens is 1. The molecule has 0 heterocycles. The van der Waals surface area contributed by atoms with Crippen LogP contribution in [0.3, 0.4) is 0 Å². The van der Waals surface area contributed by atoms with Crippen molar-refractivity contribution in [3.8, 4) is 0 Å². The van der Waals surface area contributed by atoms with Gasteiger partial charge >= 0.3 is 0 Å². The Kier molecular flexibility index (Phi) is 4.71. The van der Waals surface area contributed by atoms with Crippen molar-refractivity contribution in [1.82, 2.24) is 0 Å². The smallest absolute Gasteiger partial charge is 0.252 e. The maximum atomic E-state index is 11.7. The molecule has 0 unspecified atom stereocenters. The molecule has 0 aliphatic heterocycles. The maximum absolute atomic E-state index is 11.7. The molecule has 0 aromatic heterocycles. The maximum Gasteiger partial charge on any atom is 0.252 e. The highest BCUT2D eigenvalue weighted by molar-refractivity contribution is 7.90. The van der Waals surface area contributed by atoms with Gasteiger partial charge in [-0.25, -0.2) is 8.42 Å². The average Bonchev–Trinajstić information content (AvgIpc) is 2.23. The van der Waals surface area contributed by atoms with Gasteiger partial charge in [0.1, 0.15) is 0 Å². The molecular formula is C13H15ClO3S. The molecule has 1 aromatic carbocycles. The number of carbonyl (C=O) groups excluding carboxylic acids is 1. The van der Waals surface area contributed by atoms with E-state index in [9.17, 15) is 13.2 Å². The van der Waals surface area contributed by atoms with E-state index < -0.39 is 15.1 Å². The van der Waals surface area contributed by atoms with Crippen LogP contribution in [-0.4, -0.2) is 19.9 Å². The fourth-order valence-corrected chi connectivity index (χ4v) is 2.86. The monoisotopic (exact) mass is 286 g/mol. The quantitative estimate of drug-likeness (QED) is 0.632. The van der Waals surface area contributed by atoms with Gasteiger partial charge < -0.3 is 0 Å². The summed E-state index contributed by atoms with van der Waals surface area (Å²) >= 11 is 5.44. The summed E-state index contributed by atoms with van der Waals surface area (Å²) in [5.41, 5.74) is 1.60. The van der Waals surface area contributed by atoms with Gasteiger partial charge in [0.15, 0.2) is 9.84 Å². The molecule has 0 saturated carbocycles. The van der Waals surface area contributed by atoms with Gasteiger partial charge in [0.25, 0.3) is 5.24 Å². The van der Waals surface area contributed by atoms with Gasteiger partial charge in [-0.3, -0.25) is 4.79 Å². The molecule has 18 heavy (non-hydrogen) atoms. The fraction of sp³-hybridized carbons (Fsp3) is 0.308. The molecule has 0 radical (unpaired) electrons. The first-order valence-corrected chi connectivity index (χ1v) is 7.69. The fourth-order valence-electron chi connectivity index (χ4n) is 1.71. The predicted octanol–water partition coefficient (Wildman–Crippen LogP) is 2.90. The van der Waals surface area contributed by atoms with Crippen LogP contribution in [0, 0.1) is 6.92 Å². The molecular weight excluding hydrogens is 272 g/mol. The second-order valence-electron chi connectivity index (χ2n) is 4.09. The number of aryl methyl sites for hydroxylation is 1. The molecule has 0 atom stereocenters. The number of rotatable bonds is 4. The summed E-state index contributed by atoms with van der Waals surface area (Å²) in [4.78, 5) is 11.4. The van der Waals surface area contributed by atoms with Crippen molar-refractivity contribution in [2.24, 2.45) is 0 Å². The Hall–Kier alpha value is -1.13. The minimum absolute atomic E-state index is 0.162. The molecule has 0 aliphatic rings. The van der Waals surface area contributed by atoms with E-state index in [1.54, 1.807) is 13.0 Å². The van der Waals surface area contributed by atoms with Crippen LogP contribution in [-0.2, 0) is 16.3 Å². The highest BCUT2D eigenvalue weighted by Crippen LogP contribution is 2.23. The minimum atomic E-state index is -3.38. The SMILES string of the molecule is C/C=C/Cc1cc(C)c(C(=O)Cl)cc1S(C)(=O)=O. The Morgan fingerprint density at radius 1 is 1.39 bits per heavy atom. The Morgan fingerprint density at radius 3 is 2.44 bits per heavy atom. The summed E-state index contributed by atoms with van der Waals surface area (Å²) in [6.45, 7) is 3.60. The number of hydrogen-bond acceptors (Lipinski definition) is 3. The van der Waals surface area contributed by atoms with Crippen molar-refractivity contribution < 1.29 is 13.2 Å². The lowest BCUT2D eigenvalue weighted by molar-refractivity contribution is 0.108. The van der Waals surface area contributed by atoms with Gasteiger partial charge in [0, 0.05) is 11.8 Å². The molecule has 3 nitrogen and oxygen atoms in total. The number of hydrogen-bond donors (Lipinski definition) is 0. The van der Waals surface area contributed by atoms with Crippen molar-refractivity contribution in [2.75, 3.05) is 6.26 Å². The number of allylic oxidation sites excluding steroid dienone is 2. The van der Waals surface area contributed by atoms with E-state index in [1.165, 1.54) is 6.07 Å². The van der Waals surface area contributed by atoms with Crippen LogP contribution in [0.2, 0.25) is 0 Å². The van der Waals surface area contributed by atoms with Gasteiger partial charge in [-0.2, -0.15) is 0 Å². The van der Waals surface area contributed by atoms with Crippen molar-refractivity contribution >= 4 is 26.7 Å². The van der Waals surface area contributed by atoms with Crippen LogP contribution < -0.4 is 0 Å². The van der Waals surface area contributed by atoms with E-state index in [0.717, 1.165) is 6.26 Å². The molecule has 5 heteroatoms. The molecule has 0 bridgehead atoms. The van der Waals surface area contributed by atoms with E-state index in [-0.39, 0.29) is 10.5 Å². The summed E-state index contributed by atoms with van der Waals surface area (Å²) in [5, 5.41) is -0.644. The van der Waals surface area contributed by atoms with Gasteiger partial charge in [0.05, 0.1) is 4.90 Å². The molecule has 0 amide bonds. The molecule has 1 rings (SSSR count). The lowest BCUT2D eigenvalue weighted by atomic mass is 10.0. The number of carbonyl (C=O) groups is 1. The normalized spacial score (nSPS) is 12.0. The third kappa shape index (κ3) is 3.43. The number of benzene rings is 1. The van der Waals surface area contributed by atoms with Crippen LogP contribution in [0.1, 0.15) is 28.4 Å². The topological polar surface area (TPSA) is 51.2 Å². The van der Waals surface area contributed by atoms with E-state index in [1.807, 2.05) is 19.1 Å². The highest BCUT2D eigenvalue weighted by atomic mass is 35.5. The first-order chi connectivity index (χ1) is 8.27. The largest absolute Gasteiger partial charge is 0.276 e. The third-order valence-electron chi connectivity index (χ3n) is 2.59. The second kappa shape index (κ2) is 5.67. The molecule has 0 fully saturated rings. The second-order valence-corrected chi connectivity index (χ2v) is 6.42. The first kappa shape index (κ1) is 14.9. The van der Waals surface area contributed by atoms with Gasteiger partial charge in [-0.05, 0) is 49.1 Å². The van der Waals surface area contributed by atoms with E-state index in [4.69, 9.17) is 11.6 Å². The Morgan fingerprint density at radius 2 is 2.00 bits per heavy atom. The zero-order chi connectivity index (χ0) is 13.9. The van der Waals surface area contributed by atoms with Gasteiger partial charge in [-0.1, -0.05) is 18.2 Å². The molecule has 0 spiro atoms. The highest BCUT2D eigenvalue weighted by Gasteiger charge is 2.17. The van der Waals surface area contributed by atoms with Crippen LogP contribution >= 0.6 is 11.6 Å².